The Hall–Kier alpha value is -0.990. The fraction of sp³-hybridized carbons (Fsp3) is 0. The van der Waals surface area contributed by atoms with Crippen LogP contribution in [-0.2, 0) is 0 Å². The van der Waals surface area contributed by atoms with Crippen LogP contribution in [0.25, 0.3) is 0 Å². The van der Waals surface area contributed by atoms with Crippen LogP contribution in [0.4, 0.5) is 0 Å². The van der Waals surface area contributed by atoms with E-state index in [0.29, 0.717) is 0 Å². The van der Waals surface area contributed by atoms with Crippen LogP contribution in [0, 0.1) is 0 Å². The van der Waals surface area contributed by atoms with Crippen LogP contribution >= 0.6 is 0 Å². The maximum absolute atomic E-state index is 3.25. The number of rotatable bonds is 2. The summed E-state index contributed by atoms with van der Waals surface area (Å²) in [7, 11) is 0. The minimum atomic E-state index is 1.29. The third kappa shape index (κ3) is 3.01. The largest absolute Gasteiger partial charge is 0.147 e. The highest BCUT2D eigenvalue weighted by Gasteiger charge is 1.47. The van der Waals surface area contributed by atoms with Crippen molar-refractivity contribution < 1.29 is 0 Å². The zero-order valence-electron chi connectivity index (χ0n) is 3.33. The molecule has 0 radical (unpaired) electrons. The molecule has 0 rings (SSSR count). The first-order valence-corrected chi connectivity index (χ1v) is 1.38. The number of hydrogen-bond donors (Lipinski definition) is 0. The first-order valence-electron chi connectivity index (χ1n) is 1.38. The molecule has 0 fully saturated rings. The Morgan fingerprint density at radius 1 is 1.50 bits per heavy atom. The van der Waals surface area contributed by atoms with Gasteiger partial charge in [0, 0.05) is 12.9 Å². The number of nitrogens with zero attached hydrogens (tertiary/aromatic N) is 3. The zero-order chi connectivity index (χ0) is 4.83. The summed E-state index contributed by atoms with van der Waals surface area (Å²) in [6.07, 6.45) is 1.29. The molecule has 0 heterocycles. The predicted octanol–water partition coefficient (Wildman–Crippen LogP) is 1.20. The molecule has 3 heteroatoms. The van der Waals surface area contributed by atoms with E-state index in [1.807, 2.05) is 0 Å². The number of hydrogen-bond acceptors (Lipinski definition) is 2. The van der Waals surface area contributed by atoms with Crippen molar-refractivity contribution in [3.8, 4) is 0 Å². The van der Waals surface area contributed by atoms with E-state index in [2.05, 4.69) is 28.7 Å². The maximum atomic E-state index is 3.25. The quantitative estimate of drug-likeness (QED) is 0.273. The second kappa shape index (κ2) is 4.01. The monoisotopic (exact) mass is 83.0 g/mol. The van der Waals surface area contributed by atoms with E-state index >= 15 is 0 Å². The van der Waals surface area contributed by atoms with E-state index in [-0.39, 0.29) is 0 Å². The summed E-state index contributed by atoms with van der Waals surface area (Å²) >= 11 is 0. The molecule has 6 heavy (non-hydrogen) atoms. The first-order chi connectivity index (χ1) is 2.91. The lowest BCUT2D eigenvalue weighted by Gasteiger charge is -1.61. The van der Waals surface area contributed by atoms with Crippen LogP contribution in [0.3, 0.4) is 0 Å². The van der Waals surface area contributed by atoms with E-state index in [4.69, 9.17) is 0 Å². The van der Waals surface area contributed by atoms with Crippen molar-refractivity contribution in [3.05, 3.63) is 12.8 Å². The lowest BCUT2D eigenvalue weighted by molar-refractivity contribution is 1.07. The summed E-state index contributed by atoms with van der Waals surface area (Å²) in [5.74, 6) is 0. The van der Waals surface area contributed by atoms with Gasteiger partial charge in [-0.25, -0.2) is 0 Å². The minimum absolute atomic E-state index is 1.29. The Morgan fingerprint density at radius 2 is 2.17 bits per heavy atom. The molecule has 0 spiro atoms. The van der Waals surface area contributed by atoms with E-state index < -0.39 is 0 Å². The molecule has 0 aliphatic rings. The molecule has 0 bridgehead atoms. The van der Waals surface area contributed by atoms with Crippen molar-refractivity contribution in [2.75, 3.05) is 0 Å². The molecule has 0 amide bonds. The fourth-order valence-corrected chi connectivity index (χ4v) is 0.0730. The summed E-state index contributed by atoms with van der Waals surface area (Å²) in [5.41, 5.74) is 0. The Bertz CT molecular complexity index is 64.1. The van der Waals surface area contributed by atoms with Crippen molar-refractivity contribution in [2.45, 2.75) is 0 Å². The van der Waals surface area contributed by atoms with Crippen molar-refractivity contribution in [1.29, 1.82) is 0 Å². The van der Waals surface area contributed by atoms with Crippen LogP contribution < -0.4 is 0 Å². The Kier molecular flexibility index (Phi) is 3.35. The highest BCUT2D eigenvalue weighted by Crippen LogP contribution is 1.70. The van der Waals surface area contributed by atoms with Gasteiger partial charge in [0.05, 0.1) is 0 Å². The van der Waals surface area contributed by atoms with Gasteiger partial charge >= 0.3 is 0 Å². The Labute approximate surface area is 36.1 Å². The molecular weight excluding hydrogens is 78.1 g/mol. The van der Waals surface area contributed by atoms with Gasteiger partial charge in [-0.2, -0.15) is 0 Å². The summed E-state index contributed by atoms with van der Waals surface area (Å²) < 4.78 is 0. The Balaban J connectivity index is 3.17. The highest BCUT2D eigenvalue weighted by atomic mass is 15.3. The van der Waals surface area contributed by atoms with Crippen molar-refractivity contribution >= 4 is 6.72 Å². The van der Waals surface area contributed by atoms with Crippen LogP contribution in [-0.4, -0.2) is 6.72 Å². The minimum Gasteiger partial charge on any atom is -0.147 e. The molecule has 0 aliphatic heterocycles. The van der Waals surface area contributed by atoms with E-state index in [0.717, 1.165) is 0 Å². The van der Waals surface area contributed by atoms with Gasteiger partial charge in [-0.15, -0.1) is 10.2 Å². The van der Waals surface area contributed by atoms with Gasteiger partial charge in [-0.3, -0.25) is 0 Å². The molecule has 0 aromatic rings. The molecule has 32 valence electrons. The molecule has 3 nitrogen and oxygen atoms in total. The second-order valence-corrected chi connectivity index (χ2v) is 0.529. The zero-order valence-corrected chi connectivity index (χ0v) is 3.33. The van der Waals surface area contributed by atoms with Crippen molar-refractivity contribution in [1.82, 2.24) is 0 Å². The average molecular weight is 83.1 g/mol. The van der Waals surface area contributed by atoms with E-state index in [1.165, 1.54) is 6.20 Å². The second-order valence-electron chi connectivity index (χ2n) is 0.529. The maximum Gasteiger partial charge on any atom is 0.0442 e. The smallest absolute Gasteiger partial charge is 0.0442 e. The molecule has 0 atom stereocenters. The molecular formula is C3H5N3. The summed E-state index contributed by atoms with van der Waals surface area (Å²) in [6.45, 7) is 6.29. The molecule has 0 aromatic heterocycles. The topological polar surface area (TPSA) is 37.1 Å². The van der Waals surface area contributed by atoms with Crippen LogP contribution in [0.15, 0.2) is 28.2 Å². The standard InChI is InChI=1S/C3H5N3/c1-3-5-6-4-2/h3H,1-2H2. The predicted molar refractivity (Wildman–Crippen MR) is 24.6 cm³/mol. The van der Waals surface area contributed by atoms with Crippen molar-refractivity contribution in [2.24, 2.45) is 15.4 Å². The summed E-state index contributed by atoms with van der Waals surface area (Å²) in [6, 6.07) is 0. The van der Waals surface area contributed by atoms with E-state index in [9.17, 15) is 0 Å². The fourth-order valence-electron chi connectivity index (χ4n) is 0.0730. The Morgan fingerprint density at radius 3 is 2.33 bits per heavy atom. The van der Waals surface area contributed by atoms with Crippen LogP contribution in [0.5, 0.6) is 0 Å². The van der Waals surface area contributed by atoms with Gasteiger partial charge in [-0.1, -0.05) is 6.58 Å². The lowest BCUT2D eigenvalue weighted by Crippen LogP contribution is -1.38. The van der Waals surface area contributed by atoms with Gasteiger partial charge < -0.3 is 0 Å². The molecule has 0 aliphatic carbocycles. The van der Waals surface area contributed by atoms with Gasteiger partial charge in [0.2, 0.25) is 0 Å². The average Bonchev–Trinajstić information content (AvgIpc) is 1.61. The third-order valence-corrected chi connectivity index (χ3v) is 0.197. The van der Waals surface area contributed by atoms with Crippen molar-refractivity contribution in [3.63, 3.8) is 0 Å². The van der Waals surface area contributed by atoms with Crippen LogP contribution in [0.2, 0.25) is 0 Å². The summed E-state index contributed by atoms with van der Waals surface area (Å²) in [4.78, 5) is 0. The van der Waals surface area contributed by atoms with Gasteiger partial charge in [0.1, 0.15) is 0 Å². The van der Waals surface area contributed by atoms with Gasteiger partial charge in [-0.05, 0) is 5.22 Å². The molecule has 0 aromatic carbocycles. The molecule has 0 saturated carbocycles. The SMILES string of the molecule is C=CN=NN=C. The third-order valence-electron chi connectivity index (χ3n) is 0.197. The molecule has 0 saturated heterocycles. The highest BCUT2D eigenvalue weighted by molar-refractivity contribution is 5.22. The molecule has 0 N–H and O–H groups in total. The van der Waals surface area contributed by atoms with Gasteiger partial charge in [0.15, 0.2) is 0 Å². The molecule has 0 unspecified atom stereocenters. The van der Waals surface area contributed by atoms with E-state index in [1.54, 1.807) is 0 Å². The lowest BCUT2D eigenvalue weighted by atomic mass is 11.1. The van der Waals surface area contributed by atoms with Gasteiger partial charge in [0.25, 0.3) is 0 Å². The normalized spacial score (nSPS) is 8.67. The van der Waals surface area contributed by atoms with Crippen LogP contribution in [0.1, 0.15) is 0 Å². The summed E-state index contributed by atoms with van der Waals surface area (Å²) in [5, 5.41) is 9.42. The first kappa shape index (κ1) is 5.01.